The molecule has 1 heterocycles. The largest absolute Gasteiger partial charge is 0.480 e. The summed E-state index contributed by atoms with van der Waals surface area (Å²) in [5.41, 5.74) is -0.859. The number of hydrogen-bond acceptors (Lipinski definition) is 3. The molecule has 1 rings (SSSR count). The third kappa shape index (κ3) is 2.43. The van der Waals surface area contributed by atoms with E-state index in [1.54, 1.807) is 20.9 Å². The minimum atomic E-state index is -1.00. The Hall–Kier alpha value is -1.11. The number of halogens is 1. The van der Waals surface area contributed by atoms with Crippen molar-refractivity contribution >= 4 is 33.8 Å². The summed E-state index contributed by atoms with van der Waals surface area (Å²) in [6, 6.07) is -0.384. The zero-order valence-electron chi connectivity index (χ0n) is 9.94. The molecule has 3 amide bonds. The second-order valence-electron chi connectivity index (χ2n) is 4.45. The average molecular weight is 307 g/mol. The fourth-order valence-electron chi connectivity index (χ4n) is 1.54. The molecule has 0 aliphatic carbocycles. The summed E-state index contributed by atoms with van der Waals surface area (Å²) in [5, 5.41) is 8.70. The number of carboxylic acid groups (broad SMARTS) is 1. The van der Waals surface area contributed by atoms with Crippen molar-refractivity contribution < 1.29 is 19.5 Å². The van der Waals surface area contributed by atoms with Crippen LogP contribution in [0.15, 0.2) is 0 Å². The van der Waals surface area contributed by atoms with Gasteiger partial charge in [0.05, 0.1) is 0 Å². The summed E-state index contributed by atoms with van der Waals surface area (Å²) < 4.78 is 0. The van der Waals surface area contributed by atoms with Crippen LogP contribution in [-0.4, -0.2) is 56.8 Å². The summed E-state index contributed by atoms with van der Waals surface area (Å²) in [5.74, 6) is -1.30. The molecule has 1 atom stereocenters. The van der Waals surface area contributed by atoms with Crippen LogP contribution in [0.3, 0.4) is 0 Å². The van der Waals surface area contributed by atoms with Gasteiger partial charge in [0.25, 0.3) is 5.91 Å². The van der Waals surface area contributed by atoms with Gasteiger partial charge in [0.2, 0.25) is 0 Å². The van der Waals surface area contributed by atoms with Gasteiger partial charge in [-0.25, -0.2) is 4.79 Å². The first-order valence-corrected chi connectivity index (χ1v) is 6.07. The van der Waals surface area contributed by atoms with Gasteiger partial charge in [0.1, 0.15) is 10.4 Å². The Morgan fingerprint density at radius 2 is 2.00 bits per heavy atom. The highest BCUT2D eigenvalue weighted by atomic mass is 79.9. The fraction of sp³-hybridized carbons (Fsp3) is 0.700. The third-order valence-electron chi connectivity index (χ3n) is 3.00. The first-order chi connectivity index (χ1) is 7.69. The predicted molar refractivity (Wildman–Crippen MR) is 63.9 cm³/mol. The number of aliphatic carboxylic acids is 1. The van der Waals surface area contributed by atoms with Crippen molar-refractivity contribution in [1.29, 1.82) is 0 Å². The SMILES string of the molecule is CN1C(=O)N(CC[C@H](Br)C(=O)O)C(=O)C1(C)C. The molecule has 1 saturated heterocycles. The molecule has 0 aromatic rings. The number of carboxylic acids is 1. The van der Waals surface area contributed by atoms with Gasteiger partial charge in [-0.3, -0.25) is 14.5 Å². The molecule has 7 heteroatoms. The Kier molecular flexibility index (Phi) is 3.81. The molecule has 0 aromatic heterocycles. The summed E-state index contributed by atoms with van der Waals surface area (Å²) in [6.07, 6.45) is 0.191. The fourth-order valence-corrected chi connectivity index (χ4v) is 1.75. The van der Waals surface area contributed by atoms with Crippen LogP contribution in [0, 0.1) is 0 Å². The van der Waals surface area contributed by atoms with Crippen molar-refractivity contribution in [3.8, 4) is 0 Å². The number of carbonyl (C=O) groups is 3. The summed E-state index contributed by atoms with van der Waals surface area (Å²) in [4.78, 5) is 36.0. The lowest BCUT2D eigenvalue weighted by Gasteiger charge is -2.22. The van der Waals surface area contributed by atoms with Gasteiger partial charge in [0.15, 0.2) is 0 Å². The molecule has 1 N–H and O–H groups in total. The van der Waals surface area contributed by atoms with Crippen molar-refractivity contribution in [1.82, 2.24) is 9.80 Å². The van der Waals surface area contributed by atoms with E-state index < -0.39 is 16.3 Å². The Morgan fingerprint density at radius 1 is 1.47 bits per heavy atom. The summed E-state index contributed by atoms with van der Waals surface area (Å²) in [7, 11) is 1.56. The van der Waals surface area contributed by atoms with E-state index >= 15 is 0 Å². The molecule has 0 spiro atoms. The molecule has 1 aliphatic rings. The molecular formula is C10H15BrN2O4. The number of imide groups is 1. The highest BCUT2D eigenvalue weighted by molar-refractivity contribution is 9.10. The van der Waals surface area contributed by atoms with E-state index in [-0.39, 0.29) is 24.9 Å². The Balaban J connectivity index is 2.71. The Labute approximate surface area is 108 Å². The molecule has 0 saturated carbocycles. The highest BCUT2D eigenvalue weighted by Gasteiger charge is 2.48. The predicted octanol–water partition coefficient (Wildman–Crippen LogP) is 0.897. The molecule has 17 heavy (non-hydrogen) atoms. The monoisotopic (exact) mass is 306 g/mol. The van der Waals surface area contributed by atoms with Crippen LogP contribution in [0.1, 0.15) is 20.3 Å². The Bertz CT molecular complexity index is 369. The van der Waals surface area contributed by atoms with Gasteiger partial charge in [-0.05, 0) is 20.3 Å². The number of likely N-dealkylation sites (N-methyl/N-ethyl adjacent to an activating group) is 1. The van der Waals surface area contributed by atoms with E-state index in [4.69, 9.17) is 5.11 Å². The summed E-state index contributed by atoms with van der Waals surface area (Å²) in [6.45, 7) is 3.43. The number of alkyl halides is 1. The number of amides is 3. The maximum atomic E-state index is 11.9. The molecule has 96 valence electrons. The zero-order valence-corrected chi connectivity index (χ0v) is 11.5. The number of carbonyl (C=O) groups excluding carboxylic acids is 2. The number of nitrogens with zero attached hydrogens (tertiary/aromatic N) is 2. The smallest absolute Gasteiger partial charge is 0.327 e. The van der Waals surface area contributed by atoms with E-state index in [0.29, 0.717) is 0 Å². The van der Waals surface area contributed by atoms with Crippen molar-refractivity contribution in [2.45, 2.75) is 30.6 Å². The van der Waals surface area contributed by atoms with Gasteiger partial charge in [-0.1, -0.05) is 15.9 Å². The average Bonchev–Trinajstić information content (AvgIpc) is 2.39. The number of hydrogen-bond donors (Lipinski definition) is 1. The van der Waals surface area contributed by atoms with Gasteiger partial charge >= 0.3 is 12.0 Å². The van der Waals surface area contributed by atoms with Crippen LogP contribution in [0.25, 0.3) is 0 Å². The quantitative estimate of drug-likeness (QED) is 0.618. The van der Waals surface area contributed by atoms with Gasteiger partial charge in [-0.2, -0.15) is 0 Å². The van der Waals surface area contributed by atoms with E-state index in [2.05, 4.69) is 15.9 Å². The lowest BCUT2D eigenvalue weighted by molar-refractivity contribution is -0.137. The molecule has 0 radical (unpaired) electrons. The molecule has 0 aromatic carbocycles. The van der Waals surface area contributed by atoms with Gasteiger partial charge < -0.3 is 10.0 Å². The molecule has 1 fully saturated rings. The highest BCUT2D eigenvalue weighted by Crippen LogP contribution is 2.26. The lowest BCUT2D eigenvalue weighted by atomic mass is 10.1. The second kappa shape index (κ2) is 4.64. The van der Waals surface area contributed by atoms with Crippen LogP contribution in [0.4, 0.5) is 4.79 Å². The van der Waals surface area contributed by atoms with Crippen LogP contribution >= 0.6 is 15.9 Å². The van der Waals surface area contributed by atoms with Crippen LogP contribution in [0.5, 0.6) is 0 Å². The van der Waals surface area contributed by atoms with Crippen molar-refractivity contribution in [3.63, 3.8) is 0 Å². The molecule has 1 aliphatic heterocycles. The normalized spacial score (nSPS) is 20.9. The minimum Gasteiger partial charge on any atom is -0.480 e. The van der Waals surface area contributed by atoms with Gasteiger partial charge in [0, 0.05) is 13.6 Å². The second-order valence-corrected chi connectivity index (χ2v) is 5.56. The maximum absolute atomic E-state index is 11.9. The third-order valence-corrected chi connectivity index (χ3v) is 3.85. The van der Waals surface area contributed by atoms with E-state index in [9.17, 15) is 14.4 Å². The molecular weight excluding hydrogens is 292 g/mol. The first-order valence-electron chi connectivity index (χ1n) is 5.16. The van der Waals surface area contributed by atoms with E-state index in [0.717, 1.165) is 4.90 Å². The van der Waals surface area contributed by atoms with E-state index in [1.165, 1.54) is 4.90 Å². The zero-order chi connectivity index (χ0) is 13.4. The topological polar surface area (TPSA) is 77.9 Å². The lowest BCUT2D eigenvalue weighted by Crippen LogP contribution is -2.41. The van der Waals surface area contributed by atoms with Crippen LogP contribution in [0.2, 0.25) is 0 Å². The van der Waals surface area contributed by atoms with Crippen molar-refractivity contribution in [3.05, 3.63) is 0 Å². The Morgan fingerprint density at radius 3 is 2.35 bits per heavy atom. The first kappa shape index (κ1) is 14.0. The number of rotatable bonds is 4. The number of urea groups is 1. The molecule has 6 nitrogen and oxygen atoms in total. The van der Waals surface area contributed by atoms with Crippen molar-refractivity contribution in [2.75, 3.05) is 13.6 Å². The molecule has 0 bridgehead atoms. The van der Waals surface area contributed by atoms with Crippen LogP contribution < -0.4 is 0 Å². The maximum Gasteiger partial charge on any atom is 0.327 e. The minimum absolute atomic E-state index is 0.105. The molecule has 0 unspecified atom stereocenters. The van der Waals surface area contributed by atoms with Gasteiger partial charge in [-0.15, -0.1) is 0 Å². The summed E-state index contributed by atoms with van der Waals surface area (Å²) >= 11 is 2.97. The van der Waals surface area contributed by atoms with E-state index in [1.807, 2.05) is 0 Å². The van der Waals surface area contributed by atoms with Crippen LogP contribution in [-0.2, 0) is 9.59 Å². The van der Waals surface area contributed by atoms with Crippen molar-refractivity contribution in [2.24, 2.45) is 0 Å². The standard InChI is InChI=1S/C10H15BrN2O4/c1-10(2)8(16)13(9(17)12(10)3)5-4-6(11)7(14)15/h6H,4-5H2,1-3H3,(H,14,15)/t6-/m0/s1.